The average Bonchev–Trinajstić information content (AvgIpc) is 3.39. The summed E-state index contributed by atoms with van der Waals surface area (Å²) in [6.45, 7) is 3.51. The fourth-order valence-electron chi connectivity index (χ4n) is 10.6. The van der Waals surface area contributed by atoms with Gasteiger partial charge in [0.15, 0.2) is 6.29 Å². The van der Waals surface area contributed by atoms with Crippen LogP contribution in [0.2, 0.25) is 0 Å². The molecule has 0 aromatic rings. The van der Waals surface area contributed by atoms with E-state index in [2.05, 4.69) is 35.5 Å². The van der Waals surface area contributed by atoms with E-state index >= 15 is 0 Å². The molecule has 7 unspecified atom stereocenters. The van der Waals surface area contributed by atoms with Crippen molar-refractivity contribution < 1.29 is 51.8 Å². The lowest BCUT2D eigenvalue weighted by Gasteiger charge is -2.41. The van der Waals surface area contributed by atoms with Crippen LogP contribution in [0.5, 0.6) is 0 Å². The van der Waals surface area contributed by atoms with Gasteiger partial charge in [0.25, 0.3) is 0 Å². The highest BCUT2D eigenvalue weighted by Crippen LogP contribution is 2.26. The summed E-state index contributed by atoms with van der Waals surface area (Å²) >= 11 is 0. The Morgan fingerprint density at radius 1 is 0.520 bits per heavy atom. The van der Waals surface area contributed by atoms with Crippen LogP contribution in [0.1, 0.15) is 322 Å². The number of hydrogen-bond acceptors (Lipinski definition) is 10. The molecule has 13 heteroatoms. The van der Waals surface area contributed by atoms with Crippen molar-refractivity contribution in [3.8, 4) is 0 Å². The Kier molecular flexibility index (Phi) is 50.0. The molecule has 0 bridgehead atoms. The minimum absolute atomic E-state index is 0.223. The summed E-state index contributed by atoms with van der Waals surface area (Å²) in [5.41, 5.74) is 0. The van der Waals surface area contributed by atoms with Crippen molar-refractivity contribution in [3.05, 3.63) is 12.2 Å². The maximum Gasteiger partial charge on any atom is 0.397 e. The van der Waals surface area contributed by atoms with Crippen molar-refractivity contribution in [2.75, 3.05) is 13.2 Å². The van der Waals surface area contributed by atoms with Crippen LogP contribution >= 0.6 is 0 Å². The van der Waals surface area contributed by atoms with E-state index in [0.717, 1.165) is 51.4 Å². The Labute approximate surface area is 461 Å². The van der Waals surface area contributed by atoms with Crippen LogP contribution in [0.3, 0.4) is 0 Å². The zero-order valence-corrected chi connectivity index (χ0v) is 49.5. The highest BCUT2D eigenvalue weighted by atomic mass is 32.3. The summed E-state index contributed by atoms with van der Waals surface area (Å²) in [6.07, 6.45) is 55.2. The van der Waals surface area contributed by atoms with Crippen molar-refractivity contribution in [2.45, 2.75) is 365 Å². The number of rotatable bonds is 57. The normalized spacial score (nSPS) is 19.1. The first-order valence-electron chi connectivity index (χ1n) is 32.1. The van der Waals surface area contributed by atoms with E-state index in [0.29, 0.717) is 12.8 Å². The summed E-state index contributed by atoms with van der Waals surface area (Å²) in [4.78, 5) is 13.2. The monoisotopic (exact) mass is 1090 g/mol. The quantitative estimate of drug-likeness (QED) is 0.0193. The molecule has 0 aromatic carbocycles. The number of carbonyl (C=O) groups excluding carboxylic acids is 1. The van der Waals surface area contributed by atoms with Crippen LogP contribution in [-0.4, -0.2) is 95.4 Å². The van der Waals surface area contributed by atoms with E-state index in [1.807, 2.05) is 0 Å². The molecule has 7 atom stereocenters. The van der Waals surface area contributed by atoms with Gasteiger partial charge in [-0.3, -0.25) is 9.35 Å². The molecule has 1 heterocycles. The molecule has 0 spiro atoms. The summed E-state index contributed by atoms with van der Waals surface area (Å²) in [5.74, 6) is -0.223. The van der Waals surface area contributed by atoms with Gasteiger partial charge in [-0.05, 0) is 38.5 Å². The molecule has 75 heavy (non-hydrogen) atoms. The first kappa shape index (κ1) is 71.9. The minimum Gasteiger partial charge on any atom is -0.394 e. The molecule has 0 aliphatic carbocycles. The second-order valence-electron chi connectivity index (χ2n) is 22.7. The van der Waals surface area contributed by atoms with Crippen molar-refractivity contribution in [1.82, 2.24) is 5.32 Å². The zero-order chi connectivity index (χ0) is 54.7. The van der Waals surface area contributed by atoms with Gasteiger partial charge < -0.3 is 35.2 Å². The van der Waals surface area contributed by atoms with Gasteiger partial charge in [-0.2, -0.15) is 8.42 Å². The lowest BCUT2D eigenvalue weighted by Crippen LogP contribution is -2.61. The van der Waals surface area contributed by atoms with Crippen LogP contribution < -0.4 is 5.32 Å². The molecule has 0 radical (unpaired) electrons. The maximum atomic E-state index is 13.2. The third-order valence-electron chi connectivity index (χ3n) is 15.6. The highest BCUT2D eigenvalue weighted by Gasteiger charge is 2.48. The van der Waals surface area contributed by atoms with Crippen molar-refractivity contribution in [1.29, 1.82) is 0 Å². The third kappa shape index (κ3) is 44.3. The van der Waals surface area contributed by atoms with E-state index in [1.165, 1.54) is 244 Å². The highest BCUT2D eigenvalue weighted by molar-refractivity contribution is 7.80. The Morgan fingerprint density at radius 2 is 0.853 bits per heavy atom. The summed E-state index contributed by atoms with van der Waals surface area (Å²) in [7, 11) is -5.08. The molecule has 1 aliphatic heterocycles. The van der Waals surface area contributed by atoms with Gasteiger partial charge in [0.05, 0.1) is 25.4 Å². The van der Waals surface area contributed by atoms with Gasteiger partial charge in [-0.15, -0.1) is 0 Å². The second-order valence-corrected chi connectivity index (χ2v) is 23.8. The van der Waals surface area contributed by atoms with Crippen molar-refractivity contribution in [2.24, 2.45) is 0 Å². The number of allylic oxidation sites excluding steroid dienone is 2. The number of ether oxygens (including phenoxy) is 2. The van der Waals surface area contributed by atoms with Gasteiger partial charge in [0.2, 0.25) is 5.91 Å². The minimum atomic E-state index is -5.08. The van der Waals surface area contributed by atoms with E-state index in [9.17, 15) is 38.2 Å². The number of nitrogens with one attached hydrogen (secondary N) is 1. The summed E-state index contributed by atoms with van der Waals surface area (Å²) < 4.78 is 48.0. The predicted octanol–water partition coefficient (Wildman–Crippen LogP) is 15.8. The van der Waals surface area contributed by atoms with Gasteiger partial charge in [0, 0.05) is 6.42 Å². The number of unbranched alkanes of at least 4 members (excludes halogenated alkanes) is 43. The molecule has 1 amide bonds. The number of amides is 1. The van der Waals surface area contributed by atoms with Gasteiger partial charge in [0.1, 0.15) is 24.4 Å². The number of hydrogen-bond donors (Lipinski definition) is 6. The Balaban J connectivity index is 2.25. The molecule has 1 saturated heterocycles. The fraction of sp³-hybridized carbons (Fsp3) is 0.952. The molecule has 0 saturated carbocycles. The number of carbonyl (C=O) groups is 1. The Morgan fingerprint density at radius 3 is 1.20 bits per heavy atom. The van der Waals surface area contributed by atoms with E-state index in [1.54, 1.807) is 0 Å². The summed E-state index contributed by atoms with van der Waals surface area (Å²) in [5, 5.41) is 45.2. The van der Waals surface area contributed by atoms with Crippen molar-refractivity contribution >= 4 is 16.3 Å². The molecule has 1 aliphatic rings. The molecule has 0 aromatic heterocycles. The first-order valence-corrected chi connectivity index (χ1v) is 33.4. The van der Waals surface area contributed by atoms with Crippen LogP contribution in [0.15, 0.2) is 12.2 Å². The molecular formula is C62H121NO11S. The second kappa shape index (κ2) is 52.2. The lowest BCUT2D eigenvalue weighted by molar-refractivity contribution is -0.298. The van der Waals surface area contributed by atoms with Gasteiger partial charge in [-0.25, -0.2) is 4.18 Å². The van der Waals surface area contributed by atoms with Crippen LogP contribution in [0, 0.1) is 0 Å². The molecule has 446 valence electrons. The molecule has 1 fully saturated rings. The standard InChI is InChI=1S/C62H121NO11S/c1-3-5-7-9-11-13-15-17-19-21-23-24-25-26-27-28-29-30-31-32-33-34-36-38-40-42-44-46-48-50-52-58(66)63-55(54-72-62-60(68)61(74-75(69,70)71)59(67)57(53-64)73-62)56(65)51-49-47-45-43-41-39-37-35-22-20-18-16-14-12-10-8-6-4-2/h26-27,55-57,59-62,64-65,67-68H,3-25,28-54H2,1-2H3,(H,63,66)(H,69,70,71)/b27-26-. The fourth-order valence-corrected chi connectivity index (χ4v) is 11.1. The SMILES string of the molecule is CCCCCCCCCCCCCC/C=C\CCCCCCCCCCCCCCCCC(=O)NC(COC1OC(CO)C(O)C(OS(=O)(=O)O)C1O)C(O)CCCCCCCCCCCCCCCCCCCC. The van der Waals surface area contributed by atoms with Gasteiger partial charge in [-0.1, -0.05) is 289 Å². The zero-order valence-electron chi connectivity index (χ0n) is 48.6. The first-order chi connectivity index (χ1) is 36.5. The number of aliphatic hydroxyl groups is 4. The lowest BCUT2D eigenvalue weighted by atomic mass is 9.99. The van der Waals surface area contributed by atoms with E-state index in [-0.39, 0.29) is 12.5 Å². The largest absolute Gasteiger partial charge is 0.397 e. The van der Waals surface area contributed by atoms with E-state index in [4.69, 9.17) is 9.47 Å². The molecule has 6 N–H and O–H groups in total. The van der Waals surface area contributed by atoms with Gasteiger partial charge >= 0.3 is 10.4 Å². The Bertz CT molecular complexity index is 1370. The smallest absolute Gasteiger partial charge is 0.394 e. The predicted molar refractivity (Wildman–Crippen MR) is 310 cm³/mol. The maximum absolute atomic E-state index is 13.2. The third-order valence-corrected chi connectivity index (χ3v) is 16.0. The van der Waals surface area contributed by atoms with Crippen LogP contribution in [-0.2, 0) is 28.9 Å². The van der Waals surface area contributed by atoms with Crippen molar-refractivity contribution in [3.63, 3.8) is 0 Å². The topological polar surface area (TPSA) is 192 Å². The molecule has 1 rings (SSSR count). The average molecular weight is 1090 g/mol. The van der Waals surface area contributed by atoms with Crippen LogP contribution in [0.25, 0.3) is 0 Å². The van der Waals surface area contributed by atoms with Crippen LogP contribution in [0.4, 0.5) is 0 Å². The molecule has 12 nitrogen and oxygen atoms in total. The Hall–Kier alpha value is -1.16. The van der Waals surface area contributed by atoms with E-state index < -0.39 is 59.9 Å². The molecular weight excluding hydrogens is 967 g/mol. The number of aliphatic hydroxyl groups excluding tert-OH is 4. The summed E-state index contributed by atoms with van der Waals surface area (Å²) in [6, 6.07) is -0.856.